The van der Waals surface area contributed by atoms with Crippen molar-refractivity contribution in [3.8, 4) is 0 Å². The second-order valence-electron chi connectivity index (χ2n) is 4.77. The number of likely N-dealkylation sites (N-methyl/N-ethyl adjacent to an activating group) is 1. The third-order valence-corrected chi connectivity index (χ3v) is 3.38. The molecule has 0 radical (unpaired) electrons. The minimum Gasteiger partial charge on any atom is -0.311 e. The van der Waals surface area contributed by atoms with Gasteiger partial charge in [-0.1, -0.05) is 13.0 Å². The van der Waals surface area contributed by atoms with Gasteiger partial charge in [0.25, 0.3) is 0 Å². The Morgan fingerprint density at radius 2 is 2.11 bits per heavy atom. The van der Waals surface area contributed by atoms with Crippen molar-refractivity contribution in [2.75, 3.05) is 19.6 Å². The molecule has 100 valence electrons. The Kier molecular flexibility index (Phi) is 4.66. The van der Waals surface area contributed by atoms with Gasteiger partial charge in [0.2, 0.25) is 0 Å². The van der Waals surface area contributed by atoms with Gasteiger partial charge >= 0.3 is 0 Å². The summed E-state index contributed by atoms with van der Waals surface area (Å²) in [6.45, 7) is 5.51. The van der Waals surface area contributed by atoms with E-state index in [0.717, 1.165) is 31.7 Å². The number of nitrogens with one attached hydrogen (secondary N) is 1. The van der Waals surface area contributed by atoms with Gasteiger partial charge in [-0.15, -0.1) is 0 Å². The first-order chi connectivity index (χ1) is 8.70. The molecule has 0 aromatic heterocycles. The maximum atomic E-state index is 13.4. The Labute approximate surface area is 107 Å². The summed E-state index contributed by atoms with van der Waals surface area (Å²) in [6, 6.07) is 4.48. The van der Waals surface area contributed by atoms with E-state index in [1.165, 1.54) is 25.0 Å². The van der Waals surface area contributed by atoms with E-state index in [0.29, 0.717) is 12.1 Å². The molecule has 0 saturated heterocycles. The first-order valence-electron chi connectivity index (χ1n) is 6.59. The predicted octanol–water partition coefficient (Wildman–Crippen LogP) is 2.54. The lowest BCUT2D eigenvalue weighted by molar-refractivity contribution is 0.276. The van der Waals surface area contributed by atoms with Crippen molar-refractivity contribution in [3.63, 3.8) is 0 Å². The van der Waals surface area contributed by atoms with Gasteiger partial charge in [0.05, 0.1) is 0 Å². The van der Waals surface area contributed by atoms with E-state index in [-0.39, 0.29) is 0 Å². The lowest BCUT2D eigenvalue weighted by Crippen LogP contribution is -2.33. The van der Waals surface area contributed by atoms with Gasteiger partial charge in [0.1, 0.15) is 11.6 Å². The second-order valence-corrected chi connectivity index (χ2v) is 4.77. The minimum absolute atomic E-state index is 0.453. The van der Waals surface area contributed by atoms with Crippen LogP contribution in [0.5, 0.6) is 0 Å². The summed E-state index contributed by atoms with van der Waals surface area (Å²) in [4.78, 5) is 2.44. The molecule has 2 rings (SSSR count). The van der Waals surface area contributed by atoms with E-state index in [1.807, 2.05) is 0 Å². The second kappa shape index (κ2) is 6.25. The Morgan fingerprint density at radius 3 is 2.72 bits per heavy atom. The molecular formula is C14H20F2N2. The number of rotatable bonds is 7. The highest BCUT2D eigenvalue weighted by Crippen LogP contribution is 2.25. The highest BCUT2D eigenvalue weighted by atomic mass is 19.1. The quantitative estimate of drug-likeness (QED) is 0.752. The molecule has 0 amide bonds. The van der Waals surface area contributed by atoms with Crippen LogP contribution in [0.25, 0.3) is 0 Å². The summed E-state index contributed by atoms with van der Waals surface area (Å²) < 4.78 is 26.1. The highest BCUT2D eigenvalue weighted by Gasteiger charge is 2.26. The summed E-state index contributed by atoms with van der Waals surface area (Å²) in [5.74, 6) is -1.00. The van der Waals surface area contributed by atoms with Gasteiger partial charge in [0.15, 0.2) is 0 Å². The normalized spacial score (nSPS) is 15.3. The Hall–Kier alpha value is -1.00. The molecule has 1 aromatic rings. The van der Waals surface area contributed by atoms with Crippen molar-refractivity contribution in [2.24, 2.45) is 0 Å². The summed E-state index contributed by atoms with van der Waals surface area (Å²) >= 11 is 0. The number of hydrogen-bond donors (Lipinski definition) is 1. The first-order valence-corrected chi connectivity index (χ1v) is 6.59. The van der Waals surface area contributed by atoms with Crippen molar-refractivity contribution >= 4 is 0 Å². The van der Waals surface area contributed by atoms with E-state index >= 15 is 0 Å². The van der Waals surface area contributed by atoms with Gasteiger partial charge in [-0.3, -0.25) is 4.90 Å². The Bertz CT molecular complexity index is 391. The fourth-order valence-electron chi connectivity index (χ4n) is 2.15. The molecule has 4 heteroatoms. The lowest BCUT2D eigenvalue weighted by atomic mass is 10.2. The molecule has 1 fully saturated rings. The molecule has 0 unspecified atom stereocenters. The van der Waals surface area contributed by atoms with Crippen LogP contribution >= 0.6 is 0 Å². The third kappa shape index (κ3) is 3.75. The Balaban J connectivity index is 1.71. The zero-order valence-corrected chi connectivity index (χ0v) is 10.8. The molecule has 0 spiro atoms. The van der Waals surface area contributed by atoms with E-state index < -0.39 is 11.6 Å². The van der Waals surface area contributed by atoms with Crippen molar-refractivity contribution in [2.45, 2.75) is 32.4 Å². The van der Waals surface area contributed by atoms with Crippen LogP contribution in [0, 0.1) is 11.6 Å². The average Bonchev–Trinajstić information content (AvgIpc) is 3.16. The summed E-state index contributed by atoms with van der Waals surface area (Å²) in [5.41, 5.74) is 0.519. The molecule has 1 aromatic carbocycles. The number of hydrogen-bond acceptors (Lipinski definition) is 2. The van der Waals surface area contributed by atoms with E-state index in [1.54, 1.807) is 0 Å². The van der Waals surface area contributed by atoms with Crippen LogP contribution in [-0.2, 0) is 6.54 Å². The van der Waals surface area contributed by atoms with Crippen LogP contribution in [0.3, 0.4) is 0 Å². The zero-order valence-electron chi connectivity index (χ0n) is 10.8. The van der Waals surface area contributed by atoms with Crippen molar-refractivity contribution in [1.29, 1.82) is 0 Å². The van der Waals surface area contributed by atoms with Crippen LogP contribution in [0.1, 0.15) is 25.3 Å². The van der Waals surface area contributed by atoms with Crippen LogP contribution in [-0.4, -0.2) is 30.6 Å². The minimum atomic E-state index is -0.526. The SMILES string of the molecule is CCN(CCNCc1ccc(F)cc1F)C1CC1. The third-order valence-electron chi connectivity index (χ3n) is 3.38. The van der Waals surface area contributed by atoms with E-state index in [2.05, 4.69) is 17.1 Å². The fraction of sp³-hybridized carbons (Fsp3) is 0.571. The summed E-state index contributed by atoms with van der Waals surface area (Å²) in [6.07, 6.45) is 2.61. The fourth-order valence-corrected chi connectivity index (χ4v) is 2.15. The maximum Gasteiger partial charge on any atom is 0.130 e. The monoisotopic (exact) mass is 254 g/mol. The topological polar surface area (TPSA) is 15.3 Å². The van der Waals surface area contributed by atoms with Crippen LogP contribution in [0.4, 0.5) is 8.78 Å². The maximum absolute atomic E-state index is 13.4. The van der Waals surface area contributed by atoms with Gasteiger partial charge in [-0.2, -0.15) is 0 Å². The van der Waals surface area contributed by atoms with Gasteiger partial charge in [-0.25, -0.2) is 8.78 Å². The van der Waals surface area contributed by atoms with Gasteiger partial charge < -0.3 is 5.32 Å². The van der Waals surface area contributed by atoms with Crippen LogP contribution < -0.4 is 5.32 Å². The van der Waals surface area contributed by atoms with Crippen LogP contribution in [0.2, 0.25) is 0 Å². The van der Waals surface area contributed by atoms with Crippen molar-refractivity contribution in [3.05, 3.63) is 35.4 Å². The average molecular weight is 254 g/mol. The highest BCUT2D eigenvalue weighted by molar-refractivity contribution is 5.18. The lowest BCUT2D eigenvalue weighted by Gasteiger charge is -2.19. The molecule has 1 N–H and O–H groups in total. The molecule has 2 nitrogen and oxygen atoms in total. The molecule has 0 aliphatic heterocycles. The smallest absolute Gasteiger partial charge is 0.130 e. The number of halogens is 2. The number of nitrogens with zero attached hydrogens (tertiary/aromatic N) is 1. The molecule has 0 heterocycles. The standard InChI is InChI=1S/C14H20F2N2/c1-2-18(13-5-6-13)8-7-17-10-11-3-4-12(15)9-14(11)16/h3-4,9,13,17H,2,5-8,10H2,1H3. The summed E-state index contributed by atoms with van der Waals surface area (Å²) in [5, 5.41) is 3.21. The van der Waals surface area contributed by atoms with Gasteiger partial charge in [0, 0.05) is 37.3 Å². The largest absolute Gasteiger partial charge is 0.311 e. The van der Waals surface area contributed by atoms with Crippen molar-refractivity contribution < 1.29 is 8.78 Å². The molecule has 0 bridgehead atoms. The zero-order chi connectivity index (χ0) is 13.0. The first kappa shape index (κ1) is 13.4. The van der Waals surface area contributed by atoms with E-state index in [4.69, 9.17) is 0 Å². The molecule has 1 aliphatic rings. The molecular weight excluding hydrogens is 234 g/mol. The van der Waals surface area contributed by atoms with Crippen molar-refractivity contribution in [1.82, 2.24) is 10.2 Å². The summed E-state index contributed by atoms with van der Waals surface area (Å²) in [7, 11) is 0. The van der Waals surface area contributed by atoms with E-state index in [9.17, 15) is 8.78 Å². The number of benzene rings is 1. The molecule has 1 saturated carbocycles. The molecule has 1 aliphatic carbocycles. The Morgan fingerprint density at radius 1 is 1.33 bits per heavy atom. The predicted molar refractivity (Wildman–Crippen MR) is 68.3 cm³/mol. The molecule has 0 atom stereocenters. The van der Waals surface area contributed by atoms with Gasteiger partial charge in [-0.05, 0) is 25.5 Å². The molecule has 18 heavy (non-hydrogen) atoms. The van der Waals surface area contributed by atoms with Crippen LogP contribution in [0.15, 0.2) is 18.2 Å².